The van der Waals surface area contributed by atoms with Crippen LogP contribution in [-0.2, 0) is 6.54 Å². The first kappa shape index (κ1) is 13.5. The van der Waals surface area contributed by atoms with E-state index in [2.05, 4.69) is 23.8 Å². The van der Waals surface area contributed by atoms with E-state index >= 15 is 0 Å². The Morgan fingerprint density at radius 3 is 2.50 bits per heavy atom. The van der Waals surface area contributed by atoms with Gasteiger partial charge < -0.3 is 0 Å². The lowest BCUT2D eigenvalue weighted by Gasteiger charge is -2.01. The molecule has 88 valence electrons. The highest BCUT2D eigenvalue weighted by Crippen LogP contribution is 2.15. The Kier molecular flexibility index (Phi) is 5.78. The Labute approximate surface area is 107 Å². The summed E-state index contributed by atoms with van der Waals surface area (Å²) >= 11 is 11.6. The van der Waals surface area contributed by atoms with Gasteiger partial charge in [0.2, 0.25) is 0 Å². The highest BCUT2D eigenvalue weighted by molar-refractivity contribution is 6.32. The van der Waals surface area contributed by atoms with Crippen LogP contribution in [0, 0.1) is 0 Å². The fraction of sp³-hybridized carbons (Fsp3) is 0.500. The minimum atomic E-state index is 0.420. The van der Waals surface area contributed by atoms with Crippen molar-refractivity contribution < 1.29 is 0 Å². The van der Waals surface area contributed by atoms with Gasteiger partial charge in [-0.2, -0.15) is 0 Å². The van der Waals surface area contributed by atoms with Crippen molar-refractivity contribution in [2.24, 2.45) is 4.99 Å². The lowest BCUT2D eigenvalue weighted by Crippen LogP contribution is -1.93. The maximum absolute atomic E-state index is 5.81. The van der Waals surface area contributed by atoms with E-state index in [9.17, 15) is 0 Å². The van der Waals surface area contributed by atoms with Gasteiger partial charge in [0.15, 0.2) is 0 Å². The molecular weight excluding hydrogens is 243 g/mol. The van der Waals surface area contributed by atoms with Crippen LogP contribution in [-0.4, -0.2) is 10.7 Å². The number of aromatic nitrogens is 1. The minimum Gasteiger partial charge on any atom is -0.290 e. The highest BCUT2D eigenvalue weighted by atomic mass is 35.5. The minimum absolute atomic E-state index is 0.420. The average molecular weight is 259 g/mol. The molecule has 2 nitrogen and oxygen atoms in total. The second-order valence-corrected chi connectivity index (χ2v) is 4.55. The normalized spacial score (nSPS) is 11.9. The molecule has 0 unspecified atom stereocenters. The Morgan fingerprint density at radius 2 is 1.94 bits per heavy atom. The first-order valence-corrected chi connectivity index (χ1v) is 6.19. The number of rotatable bonds is 5. The molecule has 0 N–H and O–H groups in total. The van der Waals surface area contributed by atoms with E-state index in [-0.39, 0.29) is 0 Å². The van der Waals surface area contributed by atoms with E-state index in [1.807, 2.05) is 0 Å². The fourth-order valence-electron chi connectivity index (χ4n) is 1.34. The smallest absolute Gasteiger partial charge is 0.131 e. The summed E-state index contributed by atoms with van der Waals surface area (Å²) in [6.07, 6.45) is 3.44. The lowest BCUT2D eigenvalue weighted by molar-refractivity contribution is 0.828. The zero-order chi connectivity index (χ0) is 12.0. The topological polar surface area (TPSA) is 25.2 Å². The van der Waals surface area contributed by atoms with Crippen molar-refractivity contribution in [3.8, 4) is 0 Å². The number of aliphatic imine (C=N–C) groups is 1. The second-order valence-electron chi connectivity index (χ2n) is 3.78. The van der Waals surface area contributed by atoms with Crippen LogP contribution in [0.5, 0.6) is 0 Å². The molecule has 0 radical (unpaired) electrons. The van der Waals surface area contributed by atoms with Gasteiger partial charge in [-0.1, -0.05) is 36.5 Å². The average Bonchev–Trinajstić information content (AvgIpc) is 2.22. The number of unbranched alkanes of at least 4 members (excludes halogenated alkanes) is 1. The van der Waals surface area contributed by atoms with E-state index in [0.29, 0.717) is 16.9 Å². The van der Waals surface area contributed by atoms with Gasteiger partial charge in [-0.05, 0) is 37.5 Å². The van der Waals surface area contributed by atoms with Crippen molar-refractivity contribution in [2.45, 2.75) is 39.7 Å². The van der Waals surface area contributed by atoms with Crippen LogP contribution in [0.2, 0.25) is 10.3 Å². The predicted octanol–water partition coefficient (Wildman–Crippen LogP) is 4.54. The monoisotopic (exact) mass is 258 g/mol. The summed E-state index contributed by atoms with van der Waals surface area (Å²) in [4.78, 5) is 8.38. The third kappa shape index (κ3) is 4.95. The molecule has 0 aliphatic heterocycles. The molecule has 0 atom stereocenters. The summed E-state index contributed by atoms with van der Waals surface area (Å²) in [5, 5.41) is 0.841. The van der Waals surface area contributed by atoms with Crippen LogP contribution in [0.1, 0.15) is 38.7 Å². The molecule has 0 amide bonds. The number of halogens is 2. The molecule has 0 bridgehead atoms. The highest BCUT2D eigenvalue weighted by Gasteiger charge is 1.99. The Balaban J connectivity index is 2.59. The summed E-state index contributed by atoms with van der Waals surface area (Å²) < 4.78 is 0. The molecule has 0 spiro atoms. The largest absolute Gasteiger partial charge is 0.290 e. The molecule has 0 fully saturated rings. The van der Waals surface area contributed by atoms with Crippen LogP contribution in [0.15, 0.2) is 17.1 Å². The lowest BCUT2D eigenvalue weighted by atomic mass is 10.2. The summed E-state index contributed by atoms with van der Waals surface area (Å²) in [7, 11) is 0. The van der Waals surface area contributed by atoms with E-state index < -0.39 is 0 Å². The van der Waals surface area contributed by atoms with E-state index in [1.54, 1.807) is 12.1 Å². The molecule has 0 aliphatic carbocycles. The van der Waals surface area contributed by atoms with Gasteiger partial charge in [0, 0.05) is 5.71 Å². The van der Waals surface area contributed by atoms with Gasteiger partial charge >= 0.3 is 0 Å². The van der Waals surface area contributed by atoms with Crippen molar-refractivity contribution in [3.63, 3.8) is 0 Å². The van der Waals surface area contributed by atoms with Crippen LogP contribution in [0.25, 0.3) is 0 Å². The van der Waals surface area contributed by atoms with Gasteiger partial charge in [0.1, 0.15) is 10.3 Å². The zero-order valence-electron chi connectivity index (χ0n) is 9.63. The molecule has 1 rings (SSSR count). The van der Waals surface area contributed by atoms with Gasteiger partial charge in [-0.3, -0.25) is 4.99 Å². The van der Waals surface area contributed by atoms with Crippen molar-refractivity contribution >= 4 is 28.9 Å². The van der Waals surface area contributed by atoms with Crippen LogP contribution in [0.4, 0.5) is 0 Å². The van der Waals surface area contributed by atoms with Gasteiger partial charge in [0.25, 0.3) is 0 Å². The predicted molar refractivity (Wildman–Crippen MR) is 70.6 cm³/mol. The Hall–Kier alpha value is -0.600. The van der Waals surface area contributed by atoms with Crippen LogP contribution < -0.4 is 0 Å². The zero-order valence-corrected chi connectivity index (χ0v) is 11.1. The molecule has 16 heavy (non-hydrogen) atoms. The van der Waals surface area contributed by atoms with E-state index in [4.69, 9.17) is 23.2 Å². The molecule has 1 aromatic rings. The van der Waals surface area contributed by atoms with Crippen molar-refractivity contribution in [2.75, 3.05) is 0 Å². The molecule has 4 heteroatoms. The molecule has 1 aromatic heterocycles. The fourth-order valence-corrected chi connectivity index (χ4v) is 1.85. The SMILES string of the molecule is CCCCC(C)=NCc1cc(Cl)nc(Cl)c1. The molecule has 0 aromatic carbocycles. The molecule has 0 aliphatic rings. The number of nitrogens with zero attached hydrogens (tertiary/aromatic N) is 2. The number of pyridine rings is 1. The first-order valence-electron chi connectivity index (χ1n) is 5.43. The van der Waals surface area contributed by atoms with Gasteiger partial charge in [0.05, 0.1) is 6.54 Å². The standard InChI is InChI=1S/C12H16Cl2N2/c1-3-4-5-9(2)15-8-10-6-11(13)16-12(14)7-10/h6-7H,3-5,8H2,1-2H3. The van der Waals surface area contributed by atoms with Gasteiger partial charge in [-0.15, -0.1) is 0 Å². The summed E-state index contributed by atoms with van der Waals surface area (Å²) in [5.41, 5.74) is 2.17. The molecule has 0 saturated heterocycles. The van der Waals surface area contributed by atoms with E-state index in [0.717, 1.165) is 12.0 Å². The molecule has 0 saturated carbocycles. The number of hydrogen-bond donors (Lipinski definition) is 0. The molecular formula is C12H16Cl2N2. The third-order valence-corrected chi connectivity index (χ3v) is 2.63. The Morgan fingerprint density at radius 1 is 1.31 bits per heavy atom. The van der Waals surface area contributed by atoms with Crippen molar-refractivity contribution in [3.05, 3.63) is 28.0 Å². The van der Waals surface area contributed by atoms with Crippen molar-refractivity contribution in [1.29, 1.82) is 0 Å². The summed E-state index contributed by atoms with van der Waals surface area (Å²) in [5.74, 6) is 0. The van der Waals surface area contributed by atoms with Crippen molar-refractivity contribution in [1.82, 2.24) is 4.98 Å². The summed E-state index contributed by atoms with van der Waals surface area (Å²) in [6, 6.07) is 3.59. The maximum atomic E-state index is 5.81. The summed E-state index contributed by atoms with van der Waals surface area (Å²) in [6.45, 7) is 4.85. The third-order valence-electron chi connectivity index (χ3n) is 2.25. The van der Waals surface area contributed by atoms with Crippen LogP contribution >= 0.6 is 23.2 Å². The quantitative estimate of drug-likeness (QED) is 0.563. The molecule has 1 heterocycles. The maximum Gasteiger partial charge on any atom is 0.131 e. The van der Waals surface area contributed by atoms with Gasteiger partial charge in [-0.25, -0.2) is 4.98 Å². The number of hydrogen-bond acceptors (Lipinski definition) is 2. The first-order chi connectivity index (χ1) is 7.61. The van der Waals surface area contributed by atoms with E-state index in [1.165, 1.54) is 18.6 Å². The van der Waals surface area contributed by atoms with Crippen LogP contribution in [0.3, 0.4) is 0 Å². The second kappa shape index (κ2) is 6.87. The Bertz CT molecular complexity index is 355.